The van der Waals surface area contributed by atoms with Crippen molar-refractivity contribution in [2.24, 2.45) is 0 Å². The van der Waals surface area contributed by atoms with Crippen molar-refractivity contribution in [3.05, 3.63) is 16.1 Å². The van der Waals surface area contributed by atoms with Crippen LogP contribution in [0.3, 0.4) is 0 Å². The van der Waals surface area contributed by atoms with Gasteiger partial charge in [0.1, 0.15) is 0 Å². The van der Waals surface area contributed by atoms with Crippen molar-refractivity contribution in [2.45, 2.75) is 19.4 Å². The van der Waals surface area contributed by atoms with Gasteiger partial charge < -0.3 is 14.5 Å². The lowest BCUT2D eigenvalue weighted by Crippen LogP contribution is -2.50. The maximum atomic E-state index is 11.6. The molecule has 0 radical (unpaired) electrons. The van der Waals surface area contributed by atoms with Crippen molar-refractivity contribution in [3.8, 4) is 0 Å². The van der Waals surface area contributed by atoms with Crippen LogP contribution in [0.5, 0.6) is 0 Å². The standard InChI is InChI=1S/C13H21N3O2S/c1-4-18-13(17)11-9-19-12(14-11)7-10-8-15(2)5-6-16(10)3/h9-10H,4-8H2,1-3H3. The average molecular weight is 283 g/mol. The molecule has 0 bridgehead atoms. The number of hydrogen-bond acceptors (Lipinski definition) is 6. The number of carbonyl (C=O) groups excluding carboxylic acids is 1. The van der Waals surface area contributed by atoms with Gasteiger partial charge in [-0.25, -0.2) is 9.78 Å². The van der Waals surface area contributed by atoms with Crippen molar-refractivity contribution < 1.29 is 9.53 Å². The summed E-state index contributed by atoms with van der Waals surface area (Å²) in [4.78, 5) is 20.7. The molecule has 2 heterocycles. The molecule has 2 rings (SSSR count). The predicted octanol–water partition coefficient (Wildman–Crippen LogP) is 1.11. The normalized spacial score (nSPS) is 21.5. The van der Waals surface area contributed by atoms with Crippen molar-refractivity contribution in [1.29, 1.82) is 0 Å². The van der Waals surface area contributed by atoms with E-state index in [0.29, 0.717) is 18.3 Å². The fourth-order valence-electron chi connectivity index (χ4n) is 2.23. The fourth-order valence-corrected chi connectivity index (χ4v) is 3.06. The van der Waals surface area contributed by atoms with Crippen molar-refractivity contribution >= 4 is 17.3 Å². The SMILES string of the molecule is CCOC(=O)c1csc(CC2CN(C)CCN2C)n1. The second kappa shape index (κ2) is 6.45. The molecule has 19 heavy (non-hydrogen) atoms. The molecule has 6 heteroatoms. The lowest BCUT2D eigenvalue weighted by atomic mass is 10.1. The zero-order valence-electron chi connectivity index (χ0n) is 11.8. The zero-order chi connectivity index (χ0) is 13.8. The molecule has 0 spiro atoms. The van der Waals surface area contributed by atoms with Crippen molar-refractivity contribution in [2.75, 3.05) is 40.3 Å². The highest BCUT2D eigenvalue weighted by Gasteiger charge is 2.24. The van der Waals surface area contributed by atoms with Gasteiger partial charge in [-0.15, -0.1) is 11.3 Å². The van der Waals surface area contributed by atoms with Crippen LogP contribution in [-0.2, 0) is 11.2 Å². The van der Waals surface area contributed by atoms with E-state index in [-0.39, 0.29) is 5.97 Å². The zero-order valence-corrected chi connectivity index (χ0v) is 12.6. The molecule has 1 unspecified atom stereocenters. The largest absolute Gasteiger partial charge is 0.461 e. The van der Waals surface area contributed by atoms with Gasteiger partial charge in [0.25, 0.3) is 0 Å². The number of likely N-dealkylation sites (N-methyl/N-ethyl adjacent to an activating group) is 2. The van der Waals surface area contributed by atoms with Gasteiger partial charge in [0.2, 0.25) is 0 Å². The summed E-state index contributed by atoms with van der Waals surface area (Å²) in [6.45, 7) is 5.43. The maximum absolute atomic E-state index is 11.6. The van der Waals surface area contributed by atoms with Crippen molar-refractivity contribution in [3.63, 3.8) is 0 Å². The number of esters is 1. The first kappa shape index (κ1) is 14.4. The number of rotatable bonds is 4. The number of ether oxygens (including phenoxy) is 1. The van der Waals surface area contributed by atoms with E-state index in [9.17, 15) is 4.79 Å². The lowest BCUT2D eigenvalue weighted by Gasteiger charge is -2.37. The van der Waals surface area contributed by atoms with E-state index in [1.165, 1.54) is 0 Å². The molecule has 1 saturated heterocycles. The van der Waals surface area contributed by atoms with Gasteiger partial charge in [-0.3, -0.25) is 0 Å². The number of nitrogens with zero attached hydrogens (tertiary/aromatic N) is 3. The second-order valence-electron chi connectivity index (χ2n) is 4.95. The minimum atomic E-state index is -0.320. The Hall–Kier alpha value is -0.980. The predicted molar refractivity (Wildman–Crippen MR) is 75.7 cm³/mol. The Balaban J connectivity index is 1.97. The van der Waals surface area contributed by atoms with Gasteiger partial charge in [0.05, 0.1) is 11.6 Å². The first-order chi connectivity index (χ1) is 9.10. The summed E-state index contributed by atoms with van der Waals surface area (Å²) < 4.78 is 4.96. The molecular formula is C13H21N3O2S. The van der Waals surface area contributed by atoms with E-state index < -0.39 is 0 Å². The highest BCUT2D eigenvalue weighted by Crippen LogP contribution is 2.17. The molecule has 0 saturated carbocycles. The minimum absolute atomic E-state index is 0.320. The van der Waals surface area contributed by atoms with Gasteiger partial charge in [-0.1, -0.05) is 0 Å². The highest BCUT2D eigenvalue weighted by molar-refractivity contribution is 7.09. The quantitative estimate of drug-likeness (QED) is 0.775. The second-order valence-corrected chi connectivity index (χ2v) is 5.89. The van der Waals surface area contributed by atoms with Crippen LogP contribution in [0.2, 0.25) is 0 Å². The van der Waals surface area contributed by atoms with Crippen LogP contribution in [0.25, 0.3) is 0 Å². The van der Waals surface area contributed by atoms with Crippen molar-refractivity contribution in [1.82, 2.24) is 14.8 Å². The first-order valence-corrected chi connectivity index (χ1v) is 7.48. The maximum Gasteiger partial charge on any atom is 0.357 e. The summed E-state index contributed by atoms with van der Waals surface area (Å²) in [6.07, 6.45) is 0.894. The van der Waals surface area contributed by atoms with E-state index in [1.54, 1.807) is 23.6 Å². The fraction of sp³-hybridized carbons (Fsp3) is 0.692. The monoisotopic (exact) mass is 283 g/mol. The van der Waals surface area contributed by atoms with Gasteiger partial charge >= 0.3 is 5.97 Å². The molecule has 0 aliphatic carbocycles. The Kier molecular flexibility index (Phi) is 4.90. The molecule has 5 nitrogen and oxygen atoms in total. The van der Waals surface area contributed by atoms with Crippen LogP contribution in [0.4, 0.5) is 0 Å². The molecule has 0 aromatic carbocycles. The molecule has 1 aromatic heterocycles. The van der Waals surface area contributed by atoms with Crippen LogP contribution in [0, 0.1) is 0 Å². The highest BCUT2D eigenvalue weighted by atomic mass is 32.1. The number of hydrogen-bond donors (Lipinski definition) is 0. The van der Waals surface area contributed by atoms with Gasteiger partial charge in [-0.05, 0) is 21.0 Å². The van der Waals surface area contributed by atoms with E-state index in [0.717, 1.165) is 31.1 Å². The number of aromatic nitrogens is 1. The third-order valence-electron chi connectivity index (χ3n) is 3.43. The number of carbonyl (C=O) groups is 1. The Morgan fingerprint density at radius 2 is 2.32 bits per heavy atom. The summed E-state index contributed by atoms with van der Waals surface area (Å²) in [5, 5.41) is 2.80. The molecule has 1 fully saturated rings. The van der Waals surface area contributed by atoms with Gasteiger partial charge in [-0.2, -0.15) is 0 Å². The Bertz CT molecular complexity index is 435. The lowest BCUT2D eigenvalue weighted by molar-refractivity contribution is 0.0520. The average Bonchev–Trinajstić information content (AvgIpc) is 2.83. The smallest absolute Gasteiger partial charge is 0.357 e. The Morgan fingerprint density at radius 3 is 3.05 bits per heavy atom. The van der Waals surface area contributed by atoms with E-state index in [1.807, 2.05) is 0 Å². The van der Waals surface area contributed by atoms with E-state index in [2.05, 4.69) is 28.9 Å². The number of thiazole rings is 1. The summed E-state index contributed by atoms with van der Waals surface area (Å²) in [5.74, 6) is -0.320. The summed E-state index contributed by atoms with van der Waals surface area (Å²) in [7, 11) is 4.30. The first-order valence-electron chi connectivity index (χ1n) is 6.60. The van der Waals surface area contributed by atoms with Crippen LogP contribution in [0.15, 0.2) is 5.38 Å². The topological polar surface area (TPSA) is 45.7 Å². The number of piperazine rings is 1. The van der Waals surface area contributed by atoms with Gasteiger partial charge in [0, 0.05) is 37.5 Å². The van der Waals surface area contributed by atoms with E-state index in [4.69, 9.17) is 4.74 Å². The molecule has 0 amide bonds. The third kappa shape index (κ3) is 3.75. The van der Waals surface area contributed by atoms with Crippen LogP contribution >= 0.6 is 11.3 Å². The van der Waals surface area contributed by atoms with E-state index >= 15 is 0 Å². The molecule has 1 aliphatic rings. The molecule has 1 aliphatic heterocycles. The van der Waals surface area contributed by atoms with Crippen LogP contribution in [-0.4, -0.2) is 67.1 Å². The van der Waals surface area contributed by atoms with Gasteiger partial charge in [0.15, 0.2) is 5.69 Å². The van der Waals surface area contributed by atoms with Crippen LogP contribution < -0.4 is 0 Å². The summed E-state index contributed by atoms with van der Waals surface area (Å²) in [5.41, 5.74) is 0.439. The third-order valence-corrected chi connectivity index (χ3v) is 4.30. The summed E-state index contributed by atoms with van der Waals surface area (Å²) >= 11 is 1.54. The molecular weight excluding hydrogens is 262 g/mol. The Labute approximate surface area is 118 Å². The minimum Gasteiger partial charge on any atom is -0.461 e. The molecule has 1 aromatic rings. The molecule has 0 N–H and O–H groups in total. The van der Waals surface area contributed by atoms with Crippen LogP contribution in [0.1, 0.15) is 22.4 Å². The molecule has 1 atom stereocenters. The summed E-state index contributed by atoms with van der Waals surface area (Å²) in [6, 6.07) is 0.472. The Morgan fingerprint density at radius 1 is 1.53 bits per heavy atom. The molecule has 106 valence electrons.